The second-order valence-electron chi connectivity index (χ2n) is 9.77. The SMILES string of the molecule is O=C1C2CCCCC2NC(=S)N1CCN1CCC(=C(c2ccc(F)cc2)c2ccc(F)cc2)CC1. The van der Waals surface area contributed by atoms with Crippen LogP contribution in [-0.2, 0) is 4.79 Å². The summed E-state index contributed by atoms with van der Waals surface area (Å²) in [5, 5.41) is 3.98. The quantitative estimate of drug-likeness (QED) is 0.583. The molecule has 5 rings (SSSR count). The van der Waals surface area contributed by atoms with Crippen molar-refractivity contribution in [3.05, 3.63) is 76.9 Å². The molecule has 0 radical (unpaired) electrons. The van der Waals surface area contributed by atoms with Crippen molar-refractivity contribution in [3.8, 4) is 0 Å². The fourth-order valence-electron chi connectivity index (χ4n) is 5.69. The van der Waals surface area contributed by atoms with Crippen LogP contribution in [0.5, 0.6) is 0 Å². The van der Waals surface area contributed by atoms with Crippen LogP contribution in [0.2, 0.25) is 0 Å². The van der Waals surface area contributed by atoms with Gasteiger partial charge in [0.2, 0.25) is 5.91 Å². The third-order valence-corrected chi connectivity index (χ3v) is 7.96. The third-order valence-electron chi connectivity index (χ3n) is 7.62. The first-order valence-corrected chi connectivity index (χ1v) is 13.0. The number of thiocarbonyl (C=S) groups is 1. The zero-order valence-corrected chi connectivity index (χ0v) is 20.6. The third kappa shape index (κ3) is 5.31. The molecular weight excluding hydrogens is 464 g/mol. The molecule has 1 saturated carbocycles. The molecule has 0 aromatic heterocycles. The van der Waals surface area contributed by atoms with Crippen molar-refractivity contribution in [2.24, 2.45) is 5.92 Å². The Morgan fingerprint density at radius 1 is 0.886 bits per heavy atom. The van der Waals surface area contributed by atoms with Gasteiger partial charge < -0.3 is 10.2 Å². The van der Waals surface area contributed by atoms with E-state index in [4.69, 9.17) is 12.2 Å². The van der Waals surface area contributed by atoms with Gasteiger partial charge in [-0.15, -0.1) is 0 Å². The highest BCUT2D eigenvalue weighted by atomic mass is 32.1. The van der Waals surface area contributed by atoms with E-state index in [1.807, 2.05) is 0 Å². The predicted molar refractivity (Wildman–Crippen MR) is 138 cm³/mol. The Kier molecular flexibility index (Phi) is 7.25. The first-order valence-electron chi connectivity index (χ1n) is 12.6. The van der Waals surface area contributed by atoms with E-state index >= 15 is 0 Å². The molecule has 0 bridgehead atoms. The van der Waals surface area contributed by atoms with Gasteiger partial charge in [0.05, 0.1) is 5.92 Å². The molecule has 3 aliphatic rings. The van der Waals surface area contributed by atoms with Gasteiger partial charge in [-0.05, 0) is 78.9 Å². The molecule has 2 unspecified atom stereocenters. The average molecular weight is 496 g/mol. The van der Waals surface area contributed by atoms with E-state index in [2.05, 4.69) is 10.2 Å². The number of benzene rings is 2. The summed E-state index contributed by atoms with van der Waals surface area (Å²) in [7, 11) is 0. The van der Waals surface area contributed by atoms with Crippen molar-refractivity contribution in [1.82, 2.24) is 15.1 Å². The molecule has 0 spiro atoms. The molecule has 35 heavy (non-hydrogen) atoms. The lowest BCUT2D eigenvalue weighted by atomic mass is 9.82. The van der Waals surface area contributed by atoms with E-state index in [0.29, 0.717) is 11.7 Å². The normalized spacial score (nSPS) is 23.1. The van der Waals surface area contributed by atoms with Crippen molar-refractivity contribution in [1.29, 1.82) is 0 Å². The second-order valence-corrected chi connectivity index (χ2v) is 10.2. The molecule has 2 aliphatic heterocycles. The van der Waals surface area contributed by atoms with Crippen molar-refractivity contribution >= 4 is 28.8 Å². The maximum atomic E-state index is 13.6. The smallest absolute Gasteiger partial charge is 0.233 e. The minimum atomic E-state index is -0.272. The van der Waals surface area contributed by atoms with Crippen molar-refractivity contribution < 1.29 is 13.6 Å². The van der Waals surface area contributed by atoms with E-state index in [0.717, 1.165) is 74.9 Å². The van der Waals surface area contributed by atoms with E-state index in [1.165, 1.54) is 29.8 Å². The van der Waals surface area contributed by atoms with Gasteiger partial charge in [-0.25, -0.2) is 8.78 Å². The molecule has 3 fully saturated rings. The number of likely N-dealkylation sites (tertiary alicyclic amines) is 1. The molecule has 2 aromatic rings. The summed E-state index contributed by atoms with van der Waals surface area (Å²) < 4.78 is 27.1. The predicted octanol–water partition coefficient (Wildman–Crippen LogP) is 5.14. The van der Waals surface area contributed by atoms with Crippen LogP contribution in [0.25, 0.3) is 5.57 Å². The number of nitrogens with one attached hydrogen (secondary N) is 1. The number of amides is 1. The number of fused-ring (bicyclic) bond motifs is 1. The first kappa shape index (κ1) is 24.1. The molecule has 184 valence electrons. The van der Waals surface area contributed by atoms with Crippen LogP contribution in [0.4, 0.5) is 8.78 Å². The highest BCUT2D eigenvalue weighted by Gasteiger charge is 2.40. The lowest BCUT2D eigenvalue weighted by Gasteiger charge is -2.42. The molecule has 2 aromatic carbocycles. The van der Waals surface area contributed by atoms with Gasteiger partial charge in [0.1, 0.15) is 11.6 Å². The minimum Gasteiger partial charge on any atom is -0.359 e. The largest absolute Gasteiger partial charge is 0.359 e. The molecule has 7 heteroatoms. The summed E-state index contributed by atoms with van der Waals surface area (Å²) in [6.07, 6.45) is 5.97. The zero-order chi connectivity index (χ0) is 24.4. The standard InChI is InChI=1S/C28H31F2N3OS/c29-22-9-5-19(6-10-22)26(20-7-11-23(30)12-8-20)21-13-15-32(16-14-21)17-18-33-27(34)24-3-1-2-4-25(24)31-28(33)35/h5-12,24-25H,1-4,13-18H2,(H,31,35). The molecule has 2 saturated heterocycles. The molecular formula is C28H31F2N3OS. The van der Waals surface area contributed by atoms with Gasteiger partial charge in [0.25, 0.3) is 0 Å². The lowest BCUT2D eigenvalue weighted by Crippen LogP contribution is -2.61. The van der Waals surface area contributed by atoms with Crippen LogP contribution in [0.15, 0.2) is 54.1 Å². The fraction of sp³-hybridized carbons (Fsp3) is 0.429. The molecule has 4 nitrogen and oxygen atoms in total. The van der Waals surface area contributed by atoms with Crippen LogP contribution < -0.4 is 5.32 Å². The lowest BCUT2D eigenvalue weighted by molar-refractivity contribution is -0.135. The number of halogens is 2. The number of carbonyl (C=O) groups is 1. The van der Waals surface area contributed by atoms with E-state index < -0.39 is 0 Å². The minimum absolute atomic E-state index is 0.0559. The van der Waals surface area contributed by atoms with Crippen molar-refractivity contribution in [2.45, 2.75) is 44.6 Å². The molecule has 1 aliphatic carbocycles. The fourth-order valence-corrected chi connectivity index (χ4v) is 6.03. The van der Waals surface area contributed by atoms with Gasteiger partial charge in [-0.3, -0.25) is 9.69 Å². The highest BCUT2D eigenvalue weighted by Crippen LogP contribution is 2.33. The number of piperidine rings is 1. The van der Waals surface area contributed by atoms with Crippen LogP contribution in [0.3, 0.4) is 0 Å². The van der Waals surface area contributed by atoms with Crippen LogP contribution in [0, 0.1) is 17.6 Å². The van der Waals surface area contributed by atoms with Gasteiger partial charge in [0.15, 0.2) is 5.11 Å². The number of hydrogen-bond acceptors (Lipinski definition) is 3. The van der Waals surface area contributed by atoms with Gasteiger partial charge >= 0.3 is 0 Å². The highest BCUT2D eigenvalue weighted by molar-refractivity contribution is 7.80. The molecule has 2 atom stereocenters. The Morgan fingerprint density at radius 2 is 1.46 bits per heavy atom. The Balaban J connectivity index is 1.26. The maximum absolute atomic E-state index is 13.6. The summed E-state index contributed by atoms with van der Waals surface area (Å²) in [4.78, 5) is 17.2. The number of hydrogen-bond donors (Lipinski definition) is 1. The summed E-state index contributed by atoms with van der Waals surface area (Å²) in [5.41, 5.74) is 4.23. The Bertz CT molecular complexity index is 1060. The van der Waals surface area contributed by atoms with Crippen molar-refractivity contribution in [2.75, 3.05) is 26.2 Å². The monoisotopic (exact) mass is 495 g/mol. The Hall–Kier alpha value is -2.64. The summed E-state index contributed by atoms with van der Waals surface area (Å²) in [6, 6.07) is 13.3. The van der Waals surface area contributed by atoms with Crippen LogP contribution in [-0.4, -0.2) is 53.0 Å². The van der Waals surface area contributed by atoms with E-state index in [9.17, 15) is 13.6 Å². The summed E-state index contributed by atoms with van der Waals surface area (Å²) in [5.74, 6) is -0.302. The van der Waals surface area contributed by atoms with Crippen LogP contribution in [0.1, 0.15) is 49.7 Å². The topological polar surface area (TPSA) is 35.6 Å². The molecule has 1 amide bonds. The Labute approximate surface area is 211 Å². The zero-order valence-electron chi connectivity index (χ0n) is 19.8. The molecule has 2 heterocycles. The summed E-state index contributed by atoms with van der Waals surface area (Å²) in [6.45, 7) is 3.13. The average Bonchev–Trinajstić information content (AvgIpc) is 2.87. The van der Waals surface area contributed by atoms with Crippen molar-refractivity contribution in [3.63, 3.8) is 0 Å². The van der Waals surface area contributed by atoms with E-state index in [1.54, 1.807) is 29.2 Å². The number of rotatable bonds is 5. The first-order chi connectivity index (χ1) is 17.0. The maximum Gasteiger partial charge on any atom is 0.233 e. The second kappa shape index (κ2) is 10.5. The van der Waals surface area contributed by atoms with E-state index in [-0.39, 0.29) is 29.5 Å². The summed E-state index contributed by atoms with van der Waals surface area (Å²) >= 11 is 5.53. The van der Waals surface area contributed by atoms with Gasteiger partial charge in [-0.2, -0.15) is 0 Å². The number of carbonyl (C=O) groups excluding carboxylic acids is 1. The Morgan fingerprint density at radius 3 is 2.06 bits per heavy atom. The molecule has 1 N–H and O–H groups in total. The van der Waals surface area contributed by atoms with Gasteiger partial charge in [0, 0.05) is 32.2 Å². The van der Waals surface area contributed by atoms with Crippen LogP contribution >= 0.6 is 12.2 Å². The number of nitrogens with zero attached hydrogens (tertiary/aromatic N) is 2. The van der Waals surface area contributed by atoms with Gasteiger partial charge in [-0.1, -0.05) is 42.7 Å².